The lowest BCUT2D eigenvalue weighted by atomic mass is 10.1. The number of aromatic nitrogens is 2. The van der Waals surface area contributed by atoms with Crippen molar-refractivity contribution in [1.82, 2.24) is 9.97 Å². The van der Waals surface area contributed by atoms with Gasteiger partial charge in [0.05, 0.1) is 23.9 Å². The molecule has 0 saturated heterocycles. The van der Waals surface area contributed by atoms with Crippen LogP contribution in [-0.2, 0) is 17.8 Å². The molecule has 0 saturated carbocycles. The van der Waals surface area contributed by atoms with Crippen LogP contribution < -0.4 is 4.74 Å². The highest BCUT2D eigenvalue weighted by atomic mass is 79.9. The lowest BCUT2D eigenvalue weighted by molar-refractivity contribution is 0.180. The average Bonchev–Trinajstić information content (AvgIpc) is 2.45. The molecule has 2 aromatic rings. The molecule has 20 heavy (non-hydrogen) atoms. The minimum Gasteiger partial charge on any atom is -0.497 e. The summed E-state index contributed by atoms with van der Waals surface area (Å²) in [6, 6.07) is 7.88. The maximum atomic E-state index is 5.24. The summed E-state index contributed by atoms with van der Waals surface area (Å²) in [6.45, 7) is 0.461. The standard InChI is InChI=1S/C14H15BrN2O2S/c1-18-8-11-13(15)14(20)17-12(16-11)7-9-3-5-10(19-2)6-4-9/h3-6H,7-8H2,1-2H3,(H,16,17,20). The molecule has 106 valence electrons. The summed E-state index contributed by atoms with van der Waals surface area (Å²) < 4.78 is 11.6. The molecule has 6 heteroatoms. The van der Waals surface area contributed by atoms with Crippen molar-refractivity contribution in [3.05, 3.63) is 50.5 Å². The Bertz CT molecular complexity index is 641. The molecule has 1 aromatic heterocycles. The van der Waals surface area contributed by atoms with Gasteiger partial charge in [-0.3, -0.25) is 0 Å². The first-order valence-electron chi connectivity index (χ1n) is 6.03. The molecule has 1 aromatic carbocycles. The lowest BCUT2D eigenvalue weighted by Gasteiger charge is -2.08. The minimum absolute atomic E-state index is 0.461. The van der Waals surface area contributed by atoms with Crippen LogP contribution in [0.15, 0.2) is 28.7 Å². The van der Waals surface area contributed by atoms with Gasteiger partial charge in [-0.2, -0.15) is 0 Å². The molecule has 0 unspecified atom stereocenters. The summed E-state index contributed by atoms with van der Waals surface area (Å²) in [4.78, 5) is 7.63. The number of hydrogen-bond acceptors (Lipinski definition) is 4. The predicted molar refractivity (Wildman–Crippen MR) is 83.6 cm³/mol. The predicted octanol–water partition coefficient (Wildman–Crippen LogP) is 3.65. The highest BCUT2D eigenvalue weighted by Gasteiger charge is 2.07. The van der Waals surface area contributed by atoms with Gasteiger partial charge in [-0.25, -0.2) is 4.98 Å². The van der Waals surface area contributed by atoms with Crippen LogP contribution in [0.25, 0.3) is 0 Å². The van der Waals surface area contributed by atoms with Crippen LogP contribution in [0.5, 0.6) is 5.75 Å². The van der Waals surface area contributed by atoms with Crippen molar-refractivity contribution in [2.75, 3.05) is 14.2 Å². The number of nitrogens with zero attached hydrogens (tertiary/aromatic N) is 1. The van der Waals surface area contributed by atoms with Crippen LogP contribution in [0.1, 0.15) is 17.1 Å². The van der Waals surface area contributed by atoms with Crippen molar-refractivity contribution in [1.29, 1.82) is 0 Å². The van der Waals surface area contributed by atoms with Crippen LogP contribution in [0.2, 0.25) is 0 Å². The van der Waals surface area contributed by atoms with E-state index in [0.29, 0.717) is 17.7 Å². The van der Waals surface area contributed by atoms with Crippen LogP contribution >= 0.6 is 28.1 Å². The zero-order chi connectivity index (χ0) is 14.5. The second-order valence-electron chi connectivity index (χ2n) is 4.24. The molecule has 1 heterocycles. The summed E-state index contributed by atoms with van der Waals surface area (Å²) >= 11 is 8.67. The third kappa shape index (κ3) is 3.65. The van der Waals surface area contributed by atoms with Gasteiger partial charge in [0.2, 0.25) is 0 Å². The summed E-state index contributed by atoms with van der Waals surface area (Å²) in [5.41, 5.74) is 2.03. The van der Waals surface area contributed by atoms with Crippen molar-refractivity contribution >= 4 is 28.1 Å². The van der Waals surface area contributed by atoms with E-state index in [1.807, 2.05) is 24.3 Å². The largest absolute Gasteiger partial charge is 0.497 e. The minimum atomic E-state index is 0.461. The van der Waals surface area contributed by atoms with Crippen molar-refractivity contribution in [3.8, 4) is 5.75 Å². The molecule has 1 N–H and O–H groups in total. The fraction of sp³-hybridized carbons (Fsp3) is 0.286. The zero-order valence-electron chi connectivity index (χ0n) is 11.3. The van der Waals surface area contributed by atoms with E-state index in [4.69, 9.17) is 21.7 Å². The maximum Gasteiger partial charge on any atom is 0.144 e. The highest BCUT2D eigenvalue weighted by molar-refractivity contribution is 9.10. The van der Waals surface area contributed by atoms with E-state index in [1.54, 1.807) is 14.2 Å². The summed E-state index contributed by atoms with van der Waals surface area (Å²) in [6.07, 6.45) is 0.678. The van der Waals surface area contributed by atoms with Gasteiger partial charge in [-0.15, -0.1) is 0 Å². The van der Waals surface area contributed by atoms with Gasteiger partial charge < -0.3 is 14.5 Å². The summed E-state index contributed by atoms with van der Waals surface area (Å²) in [7, 11) is 3.30. The van der Waals surface area contributed by atoms with Gasteiger partial charge in [-0.1, -0.05) is 24.4 Å². The van der Waals surface area contributed by atoms with E-state index in [2.05, 4.69) is 25.9 Å². The molecule has 0 aliphatic heterocycles. The molecule has 0 atom stereocenters. The Morgan fingerprint density at radius 1 is 1.25 bits per heavy atom. The van der Waals surface area contributed by atoms with Crippen molar-refractivity contribution < 1.29 is 9.47 Å². The van der Waals surface area contributed by atoms with E-state index >= 15 is 0 Å². The number of aromatic amines is 1. The number of rotatable bonds is 5. The molecular formula is C14H15BrN2O2S. The first kappa shape index (κ1) is 15.2. The normalized spacial score (nSPS) is 10.6. The van der Waals surface area contributed by atoms with Crippen LogP contribution in [0, 0.1) is 4.64 Å². The van der Waals surface area contributed by atoms with Gasteiger partial charge in [0.25, 0.3) is 0 Å². The zero-order valence-corrected chi connectivity index (χ0v) is 13.7. The van der Waals surface area contributed by atoms with Crippen molar-refractivity contribution in [3.63, 3.8) is 0 Å². The Labute approximate surface area is 131 Å². The quantitative estimate of drug-likeness (QED) is 0.832. The third-order valence-electron chi connectivity index (χ3n) is 2.80. The fourth-order valence-electron chi connectivity index (χ4n) is 1.82. The van der Waals surface area contributed by atoms with E-state index in [9.17, 15) is 0 Å². The molecule has 4 nitrogen and oxygen atoms in total. The molecule has 0 aliphatic carbocycles. The van der Waals surface area contributed by atoms with Gasteiger partial charge in [0, 0.05) is 13.5 Å². The molecular weight excluding hydrogens is 340 g/mol. The maximum absolute atomic E-state index is 5.24. The summed E-state index contributed by atoms with van der Waals surface area (Å²) in [5, 5.41) is 0. The number of benzene rings is 1. The molecule has 0 fully saturated rings. The van der Waals surface area contributed by atoms with Gasteiger partial charge >= 0.3 is 0 Å². The molecule has 0 bridgehead atoms. The van der Waals surface area contributed by atoms with E-state index in [0.717, 1.165) is 27.3 Å². The van der Waals surface area contributed by atoms with Gasteiger partial charge in [0.15, 0.2) is 0 Å². The first-order valence-corrected chi connectivity index (χ1v) is 7.23. The Hall–Kier alpha value is -1.24. The van der Waals surface area contributed by atoms with Gasteiger partial charge in [-0.05, 0) is 33.6 Å². The topological polar surface area (TPSA) is 47.1 Å². The van der Waals surface area contributed by atoms with Crippen molar-refractivity contribution in [2.45, 2.75) is 13.0 Å². The van der Waals surface area contributed by atoms with Crippen LogP contribution in [-0.4, -0.2) is 24.2 Å². The molecule has 2 rings (SSSR count). The fourth-order valence-corrected chi connectivity index (χ4v) is 2.36. The Morgan fingerprint density at radius 2 is 1.95 bits per heavy atom. The number of nitrogens with one attached hydrogen (secondary N) is 1. The number of H-pyrrole nitrogens is 1. The Kier molecular flexibility index (Phi) is 5.28. The number of hydrogen-bond donors (Lipinski definition) is 1. The van der Waals surface area contributed by atoms with Gasteiger partial charge in [0.1, 0.15) is 16.2 Å². The number of halogens is 1. The second kappa shape index (κ2) is 6.97. The molecule has 0 radical (unpaired) electrons. The van der Waals surface area contributed by atoms with Crippen molar-refractivity contribution in [2.24, 2.45) is 0 Å². The SMILES string of the molecule is COCc1[nH]c(Cc2ccc(OC)cc2)nc(=S)c1Br. The molecule has 0 spiro atoms. The molecule has 0 amide bonds. The Balaban J connectivity index is 2.26. The smallest absolute Gasteiger partial charge is 0.144 e. The average molecular weight is 355 g/mol. The monoisotopic (exact) mass is 354 g/mol. The van der Waals surface area contributed by atoms with E-state index < -0.39 is 0 Å². The van der Waals surface area contributed by atoms with Crippen LogP contribution in [0.4, 0.5) is 0 Å². The van der Waals surface area contributed by atoms with E-state index in [1.165, 1.54) is 0 Å². The van der Waals surface area contributed by atoms with Crippen LogP contribution in [0.3, 0.4) is 0 Å². The summed E-state index contributed by atoms with van der Waals surface area (Å²) in [5.74, 6) is 1.65. The highest BCUT2D eigenvalue weighted by Crippen LogP contribution is 2.18. The Morgan fingerprint density at radius 3 is 2.55 bits per heavy atom. The number of ether oxygens (including phenoxy) is 2. The second-order valence-corrected chi connectivity index (χ2v) is 5.42. The number of methoxy groups -OCH3 is 2. The van der Waals surface area contributed by atoms with E-state index in [-0.39, 0.29) is 0 Å². The molecule has 0 aliphatic rings. The first-order chi connectivity index (χ1) is 9.63. The third-order valence-corrected chi connectivity index (χ3v) is 4.22. The lowest BCUT2D eigenvalue weighted by Crippen LogP contribution is -2.03.